The molecule has 0 unspecified atom stereocenters. The molecule has 8 nitrogen and oxygen atoms in total. The summed E-state index contributed by atoms with van der Waals surface area (Å²) in [6, 6.07) is 6.41. The number of halogens is 2. The fourth-order valence-corrected chi connectivity index (χ4v) is 2.97. The lowest BCUT2D eigenvalue weighted by atomic mass is 10.2. The summed E-state index contributed by atoms with van der Waals surface area (Å²) in [7, 11) is 0. The Kier molecular flexibility index (Phi) is 4.30. The van der Waals surface area contributed by atoms with Gasteiger partial charge < -0.3 is 5.32 Å². The lowest BCUT2D eigenvalue weighted by Gasteiger charge is -2.12. The van der Waals surface area contributed by atoms with Crippen LogP contribution in [0.1, 0.15) is 11.4 Å². The predicted octanol–water partition coefficient (Wildman–Crippen LogP) is 1.34. The third kappa shape index (κ3) is 2.98. The third-order valence-corrected chi connectivity index (χ3v) is 4.32. The lowest BCUT2D eigenvalue weighted by Crippen LogP contribution is -2.33. The molecule has 0 bridgehead atoms. The average molecular weight is 384 g/mol. The minimum atomic E-state index is -0.757. The second-order valence-electron chi connectivity index (χ2n) is 6.16. The summed E-state index contributed by atoms with van der Waals surface area (Å²) in [6.45, 7) is 1.25. The molecule has 3 heterocycles. The van der Waals surface area contributed by atoms with Gasteiger partial charge in [-0.15, -0.1) is 10.2 Å². The predicted molar refractivity (Wildman–Crippen MR) is 95.5 cm³/mol. The minimum absolute atomic E-state index is 0.0566. The Morgan fingerprint density at radius 1 is 1.18 bits per heavy atom. The average Bonchev–Trinajstić information content (AvgIpc) is 3.06. The molecule has 0 aliphatic carbocycles. The number of fused-ring (bicyclic) bond motifs is 3. The van der Waals surface area contributed by atoms with Gasteiger partial charge in [-0.3, -0.25) is 18.6 Å². The van der Waals surface area contributed by atoms with E-state index in [1.54, 1.807) is 25.3 Å². The number of rotatable bonds is 4. The number of pyridine rings is 1. The fraction of sp³-hybridized carbons (Fsp3) is 0.167. The molecular formula is C18H14F2N6O2. The number of aryl methyl sites for hydroxylation is 1. The molecular weight excluding hydrogens is 370 g/mol. The van der Waals surface area contributed by atoms with Crippen LogP contribution in [0.4, 0.5) is 8.78 Å². The molecule has 0 saturated carbocycles. The van der Waals surface area contributed by atoms with Gasteiger partial charge in [-0.1, -0.05) is 6.07 Å². The second kappa shape index (κ2) is 6.80. The van der Waals surface area contributed by atoms with E-state index in [9.17, 15) is 18.4 Å². The van der Waals surface area contributed by atoms with Crippen LogP contribution < -0.4 is 10.9 Å². The first-order valence-corrected chi connectivity index (χ1v) is 8.35. The van der Waals surface area contributed by atoms with Crippen LogP contribution in [0.15, 0.2) is 41.3 Å². The highest BCUT2D eigenvalue weighted by Gasteiger charge is 2.17. The summed E-state index contributed by atoms with van der Waals surface area (Å²) in [5, 5.41) is 10.3. The maximum Gasteiger partial charge on any atom is 0.297 e. The summed E-state index contributed by atoms with van der Waals surface area (Å²) in [5.41, 5.74) is 0.574. The largest absolute Gasteiger partial charge is 0.350 e. The molecule has 0 radical (unpaired) electrons. The summed E-state index contributed by atoms with van der Waals surface area (Å²) in [4.78, 5) is 29.4. The monoisotopic (exact) mass is 384 g/mol. The molecule has 1 N–H and O–H groups in total. The van der Waals surface area contributed by atoms with Crippen LogP contribution in [0, 0.1) is 18.6 Å². The highest BCUT2D eigenvalue weighted by atomic mass is 19.1. The normalized spacial score (nSPS) is 11.2. The van der Waals surface area contributed by atoms with E-state index in [0.717, 1.165) is 12.1 Å². The zero-order valence-corrected chi connectivity index (χ0v) is 14.7. The molecule has 1 aromatic carbocycles. The standard InChI is InChI=1S/C18H14F2N6O2/c1-10-23-24-17-18(28)25(14-3-2-6-21-16(14)26(10)17)9-15(27)22-8-11-4-5-12(19)7-13(11)20/h2-7H,8-9H2,1H3,(H,22,27). The Morgan fingerprint density at radius 2 is 2.00 bits per heavy atom. The maximum absolute atomic E-state index is 13.7. The van der Waals surface area contributed by atoms with E-state index in [4.69, 9.17) is 0 Å². The maximum atomic E-state index is 13.7. The van der Waals surface area contributed by atoms with Crippen LogP contribution in [0.25, 0.3) is 16.8 Å². The number of aromatic nitrogens is 5. The summed E-state index contributed by atoms with van der Waals surface area (Å²) in [6.07, 6.45) is 1.56. The number of carbonyl (C=O) groups is 1. The van der Waals surface area contributed by atoms with Gasteiger partial charge in [-0.05, 0) is 25.1 Å². The van der Waals surface area contributed by atoms with Gasteiger partial charge >= 0.3 is 0 Å². The van der Waals surface area contributed by atoms with E-state index < -0.39 is 23.1 Å². The molecule has 0 atom stereocenters. The van der Waals surface area contributed by atoms with E-state index in [1.807, 2.05) is 0 Å². The number of hydrogen-bond acceptors (Lipinski definition) is 5. The molecule has 0 fully saturated rings. The molecule has 10 heteroatoms. The quantitative estimate of drug-likeness (QED) is 0.573. The Hall–Kier alpha value is -3.69. The SMILES string of the molecule is Cc1nnc2c(=O)n(CC(=O)NCc3ccc(F)cc3F)c3cccnc3n12. The lowest BCUT2D eigenvalue weighted by molar-refractivity contribution is -0.121. The number of nitrogens with one attached hydrogen (secondary N) is 1. The molecule has 142 valence electrons. The van der Waals surface area contributed by atoms with Crippen molar-refractivity contribution in [2.24, 2.45) is 0 Å². The number of hydrogen-bond donors (Lipinski definition) is 1. The van der Waals surface area contributed by atoms with Gasteiger partial charge in [-0.2, -0.15) is 0 Å². The Morgan fingerprint density at radius 3 is 2.79 bits per heavy atom. The van der Waals surface area contributed by atoms with E-state index in [2.05, 4.69) is 20.5 Å². The molecule has 3 aromatic heterocycles. The molecule has 4 aromatic rings. The molecule has 0 saturated heterocycles. The van der Waals surface area contributed by atoms with Crippen molar-refractivity contribution in [3.8, 4) is 0 Å². The van der Waals surface area contributed by atoms with Gasteiger partial charge in [-0.25, -0.2) is 13.8 Å². The smallest absolute Gasteiger partial charge is 0.297 e. The van der Waals surface area contributed by atoms with Crippen molar-refractivity contribution >= 4 is 22.7 Å². The zero-order chi connectivity index (χ0) is 19.8. The van der Waals surface area contributed by atoms with Gasteiger partial charge in [0.25, 0.3) is 5.56 Å². The van der Waals surface area contributed by atoms with Gasteiger partial charge in [0, 0.05) is 24.4 Å². The summed E-state index contributed by atoms with van der Waals surface area (Å²) in [5.74, 6) is -1.47. The van der Waals surface area contributed by atoms with Crippen molar-refractivity contribution in [3.05, 3.63) is 69.9 Å². The van der Waals surface area contributed by atoms with Crippen LogP contribution in [0.2, 0.25) is 0 Å². The van der Waals surface area contributed by atoms with Gasteiger partial charge in [0.1, 0.15) is 24.0 Å². The van der Waals surface area contributed by atoms with E-state index in [1.165, 1.54) is 15.0 Å². The van der Waals surface area contributed by atoms with Crippen molar-refractivity contribution in [2.75, 3.05) is 0 Å². The van der Waals surface area contributed by atoms with Gasteiger partial charge in [0.15, 0.2) is 5.65 Å². The van der Waals surface area contributed by atoms with Crippen LogP contribution in [0.5, 0.6) is 0 Å². The van der Waals surface area contributed by atoms with Crippen molar-refractivity contribution in [3.63, 3.8) is 0 Å². The van der Waals surface area contributed by atoms with Crippen LogP contribution in [-0.2, 0) is 17.9 Å². The Labute approximate surface area is 156 Å². The number of benzene rings is 1. The number of nitrogens with zero attached hydrogens (tertiary/aromatic N) is 5. The van der Waals surface area contributed by atoms with Crippen molar-refractivity contribution in [1.82, 2.24) is 29.5 Å². The van der Waals surface area contributed by atoms with Crippen LogP contribution in [-0.4, -0.2) is 30.1 Å². The second-order valence-corrected chi connectivity index (χ2v) is 6.16. The van der Waals surface area contributed by atoms with Crippen molar-refractivity contribution in [1.29, 1.82) is 0 Å². The van der Waals surface area contributed by atoms with Gasteiger partial charge in [0.2, 0.25) is 11.6 Å². The van der Waals surface area contributed by atoms with Gasteiger partial charge in [0.05, 0.1) is 5.52 Å². The number of amides is 1. The first-order valence-electron chi connectivity index (χ1n) is 8.35. The molecule has 0 aliphatic heterocycles. The highest BCUT2D eigenvalue weighted by Crippen LogP contribution is 2.13. The molecule has 0 aliphatic rings. The Balaban J connectivity index is 1.66. The van der Waals surface area contributed by atoms with E-state index in [-0.39, 0.29) is 24.3 Å². The highest BCUT2D eigenvalue weighted by molar-refractivity contribution is 5.80. The third-order valence-electron chi connectivity index (χ3n) is 4.32. The first-order chi connectivity index (χ1) is 13.5. The molecule has 1 amide bonds. The van der Waals surface area contributed by atoms with Crippen molar-refractivity contribution in [2.45, 2.75) is 20.0 Å². The first kappa shape index (κ1) is 17.7. The number of carbonyl (C=O) groups excluding carboxylic acids is 1. The summed E-state index contributed by atoms with van der Waals surface area (Å²) >= 11 is 0. The topological polar surface area (TPSA) is 94.2 Å². The van der Waals surface area contributed by atoms with Crippen LogP contribution in [0.3, 0.4) is 0 Å². The van der Waals surface area contributed by atoms with Crippen LogP contribution >= 0.6 is 0 Å². The van der Waals surface area contributed by atoms with E-state index in [0.29, 0.717) is 17.0 Å². The molecule has 4 rings (SSSR count). The van der Waals surface area contributed by atoms with Crippen molar-refractivity contribution < 1.29 is 13.6 Å². The zero-order valence-electron chi connectivity index (χ0n) is 14.7. The van der Waals surface area contributed by atoms with E-state index >= 15 is 0 Å². The Bertz CT molecular complexity index is 1280. The fourth-order valence-electron chi connectivity index (χ4n) is 2.97. The molecule has 0 spiro atoms. The minimum Gasteiger partial charge on any atom is -0.350 e. The summed E-state index contributed by atoms with van der Waals surface area (Å²) < 4.78 is 29.4. The molecule has 28 heavy (non-hydrogen) atoms.